The van der Waals surface area contributed by atoms with Gasteiger partial charge in [0.25, 0.3) is 0 Å². The van der Waals surface area contributed by atoms with Crippen LogP contribution in [0, 0.1) is 6.92 Å². The van der Waals surface area contributed by atoms with Crippen molar-refractivity contribution in [1.82, 2.24) is 0 Å². The first-order valence-corrected chi connectivity index (χ1v) is 3.80. The minimum atomic E-state index is 1.07. The lowest BCUT2D eigenvalue weighted by Gasteiger charge is -1.99. The molecular weight excluding hydrogens is 133 g/mol. The van der Waals surface area contributed by atoms with E-state index in [1.807, 2.05) is 19.2 Å². The Bertz CT molecular complexity index is 279. The third kappa shape index (κ3) is 1.94. The largest absolute Gasteiger partial charge is 0.262 e. The van der Waals surface area contributed by atoms with Crippen LogP contribution in [-0.2, 0) is 0 Å². The Balaban J connectivity index is 3.09. The number of hydrogen-bond donors (Lipinski definition) is 0. The fourth-order valence-electron chi connectivity index (χ4n) is 1.09. The van der Waals surface area contributed by atoms with Crippen LogP contribution in [0.3, 0.4) is 0 Å². The Kier molecular flexibility index (Phi) is 2.47. The second-order valence-corrected chi connectivity index (χ2v) is 2.68. The van der Waals surface area contributed by atoms with Gasteiger partial charge in [0.05, 0.1) is 5.69 Å². The predicted octanol–water partition coefficient (Wildman–Crippen LogP) is 0.976. The summed E-state index contributed by atoms with van der Waals surface area (Å²) in [7, 11) is 2.08. The summed E-state index contributed by atoms with van der Waals surface area (Å²) in [6.45, 7) is 4.02. The lowest BCUT2D eigenvalue weighted by Crippen LogP contribution is -2.02. The first-order valence-electron chi connectivity index (χ1n) is 3.80. The van der Waals surface area contributed by atoms with Gasteiger partial charge >= 0.3 is 0 Å². The molecule has 0 fully saturated rings. The van der Waals surface area contributed by atoms with Crippen LogP contribution >= 0.6 is 0 Å². The zero-order valence-corrected chi connectivity index (χ0v) is 7.26. The molecule has 0 aliphatic carbocycles. The van der Waals surface area contributed by atoms with E-state index < -0.39 is 0 Å². The second-order valence-electron chi connectivity index (χ2n) is 2.68. The minimum Gasteiger partial charge on any atom is -0.262 e. The summed E-state index contributed by atoms with van der Waals surface area (Å²) in [4.78, 5) is 4.22. The van der Waals surface area contributed by atoms with Crippen LogP contribution in [0.2, 0.25) is 0 Å². The van der Waals surface area contributed by atoms with E-state index in [1.54, 1.807) is 0 Å². The van der Waals surface area contributed by atoms with E-state index in [-0.39, 0.29) is 0 Å². The van der Waals surface area contributed by atoms with Crippen LogP contribution in [0.15, 0.2) is 23.2 Å². The molecule has 1 nitrogen and oxygen atoms in total. The zero-order valence-electron chi connectivity index (χ0n) is 7.26. The van der Waals surface area contributed by atoms with Crippen LogP contribution < -0.4 is 5.46 Å². The highest BCUT2D eigenvalue weighted by molar-refractivity contribution is 6.35. The molecule has 0 unspecified atom stereocenters. The van der Waals surface area contributed by atoms with Crippen LogP contribution in [0.1, 0.15) is 12.5 Å². The molecule has 0 saturated heterocycles. The molecule has 1 aromatic carbocycles. The summed E-state index contributed by atoms with van der Waals surface area (Å²) >= 11 is 0. The lowest BCUT2D eigenvalue weighted by molar-refractivity contribution is 1.46. The molecule has 56 valence electrons. The van der Waals surface area contributed by atoms with Gasteiger partial charge in [-0.2, -0.15) is 0 Å². The van der Waals surface area contributed by atoms with E-state index in [2.05, 4.69) is 31.9 Å². The molecule has 0 saturated carbocycles. The molecule has 0 atom stereocenters. The average molecular weight is 145 g/mol. The van der Waals surface area contributed by atoms with Crippen LogP contribution in [-0.4, -0.2) is 14.1 Å². The Morgan fingerprint density at radius 1 is 1.45 bits per heavy atom. The van der Waals surface area contributed by atoms with Gasteiger partial charge in [0, 0.05) is 6.21 Å². The van der Waals surface area contributed by atoms with E-state index in [9.17, 15) is 0 Å². The molecule has 0 N–H and O–H groups in total. The van der Waals surface area contributed by atoms with E-state index in [0.717, 1.165) is 5.69 Å². The van der Waals surface area contributed by atoms with E-state index in [4.69, 9.17) is 0 Å². The number of nitrogens with zero attached hydrogens (tertiary/aromatic N) is 1. The van der Waals surface area contributed by atoms with Crippen molar-refractivity contribution in [2.75, 3.05) is 0 Å². The fraction of sp³-hybridized carbons (Fsp3) is 0.222. The van der Waals surface area contributed by atoms with Gasteiger partial charge in [0.15, 0.2) is 0 Å². The van der Waals surface area contributed by atoms with E-state index in [1.165, 1.54) is 11.0 Å². The SMILES string of the molecule is Bc1cc(C)ccc1/N=C/C. The molecule has 0 aromatic heterocycles. The number of benzene rings is 1. The van der Waals surface area contributed by atoms with Crippen molar-refractivity contribution >= 4 is 25.2 Å². The summed E-state index contributed by atoms with van der Waals surface area (Å²) in [5.74, 6) is 0. The van der Waals surface area contributed by atoms with Gasteiger partial charge in [0.1, 0.15) is 7.85 Å². The zero-order chi connectivity index (χ0) is 8.27. The molecule has 1 aromatic rings. The Morgan fingerprint density at radius 3 is 2.73 bits per heavy atom. The van der Waals surface area contributed by atoms with Gasteiger partial charge in [-0.1, -0.05) is 23.2 Å². The average Bonchev–Trinajstić information content (AvgIpc) is 1.95. The van der Waals surface area contributed by atoms with Crippen molar-refractivity contribution in [3.05, 3.63) is 23.8 Å². The summed E-state index contributed by atoms with van der Waals surface area (Å²) in [6, 6.07) is 6.27. The van der Waals surface area contributed by atoms with Gasteiger partial charge < -0.3 is 0 Å². The molecule has 0 aliphatic rings. The number of aryl methyl sites for hydroxylation is 1. The minimum absolute atomic E-state index is 1.07. The third-order valence-corrected chi connectivity index (χ3v) is 1.62. The van der Waals surface area contributed by atoms with E-state index in [0.29, 0.717) is 0 Å². The lowest BCUT2D eigenvalue weighted by atomic mass is 9.92. The van der Waals surface area contributed by atoms with Crippen molar-refractivity contribution in [1.29, 1.82) is 0 Å². The van der Waals surface area contributed by atoms with Crippen molar-refractivity contribution in [3.8, 4) is 0 Å². The van der Waals surface area contributed by atoms with Crippen molar-refractivity contribution < 1.29 is 0 Å². The summed E-state index contributed by atoms with van der Waals surface area (Å²) in [5.41, 5.74) is 3.60. The number of hydrogen-bond acceptors (Lipinski definition) is 1. The van der Waals surface area contributed by atoms with Crippen LogP contribution in [0.4, 0.5) is 5.69 Å². The van der Waals surface area contributed by atoms with Crippen LogP contribution in [0.25, 0.3) is 0 Å². The van der Waals surface area contributed by atoms with Crippen LogP contribution in [0.5, 0.6) is 0 Å². The smallest absolute Gasteiger partial charge is 0.142 e. The third-order valence-electron chi connectivity index (χ3n) is 1.62. The summed E-state index contributed by atoms with van der Waals surface area (Å²) in [6.07, 6.45) is 1.82. The summed E-state index contributed by atoms with van der Waals surface area (Å²) in [5, 5.41) is 0. The van der Waals surface area contributed by atoms with E-state index >= 15 is 0 Å². The molecular formula is C9H12BN. The standard InChI is InChI=1S/C9H12BN/c1-3-11-9-5-4-7(2)6-8(9)10/h3-6H,10H2,1-2H3/b11-3+. The molecule has 0 aliphatic heterocycles. The molecule has 1 rings (SSSR count). The van der Waals surface area contributed by atoms with Gasteiger partial charge in [-0.05, 0) is 19.9 Å². The first-order chi connectivity index (χ1) is 5.24. The van der Waals surface area contributed by atoms with Gasteiger partial charge in [-0.15, -0.1) is 0 Å². The van der Waals surface area contributed by atoms with Gasteiger partial charge in [-0.3, -0.25) is 4.99 Å². The highest BCUT2D eigenvalue weighted by Gasteiger charge is 1.93. The molecule has 0 spiro atoms. The Morgan fingerprint density at radius 2 is 2.18 bits per heavy atom. The molecule has 0 bridgehead atoms. The second kappa shape index (κ2) is 3.38. The Labute approximate surface area is 68.6 Å². The molecule has 0 heterocycles. The van der Waals surface area contributed by atoms with Crippen molar-refractivity contribution in [3.63, 3.8) is 0 Å². The maximum absolute atomic E-state index is 4.22. The van der Waals surface area contributed by atoms with Crippen molar-refractivity contribution in [2.45, 2.75) is 13.8 Å². The maximum Gasteiger partial charge on any atom is 0.142 e. The quantitative estimate of drug-likeness (QED) is 0.412. The molecule has 2 heteroatoms. The molecule has 11 heavy (non-hydrogen) atoms. The molecule has 0 amide bonds. The van der Waals surface area contributed by atoms with Gasteiger partial charge in [0.2, 0.25) is 0 Å². The first kappa shape index (κ1) is 8.06. The fourth-order valence-corrected chi connectivity index (χ4v) is 1.09. The monoisotopic (exact) mass is 145 g/mol. The highest BCUT2D eigenvalue weighted by Crippen LogP contribution is 2.07. The number of rotatable bonds is 1. The predicted molar refractivity (Wildman–Crippen MR) is 53.2 cm³/mol. The topological polar surface area (TPSA) is 12.4 Å². The maximum atomic E-state index is 4.22. The van der Waals surface area contributed by atoms with Crippen molar-refractivity contribution in [2.24, 2.45) is 4.99 Å². The normalized spacial score (nSPS) is 10.7. The number of aliphatic imine (C=N–C) groups is 1. The van der Waals surface area contributed by atoms with Gasteiger partial charge in [-0.25, -0.2) is 0 Å². The summed E-state index contributed by atoms with van der Waals surface area (Å²) < 4.78 is 0. The highest BCUT2D eigenvalue weighted by atomic mass is 14.7. The Hall–Kier alpha value is -1.05. The molecule has 0 radical (unpaired) electrons.